The zero-order chi connectivity index (χ0) is 20.8. The lowest BCUT2D eigenvalue weighted by molar-refractivity contribution is 0.215. The number of likely N-dealkylation sites (N-methyl/N-ethyl adjacent to an activating group) is 1. The van der Waals surface area contributed by atoms with Gasteiger partial charge in [0.15, 0.2) is 0 Å². The van der Waals surface area contributed by atoms with Crippen LogP contribution in [0.25, 0.3) is 0 Å². The second kappa shape index (κ2) is 10.9. The summed E-state index contributed by atoms with van der Waals surface area (Å²) in [5.41, 5.74) is 2.34. The van der Waals surface area contributed by atoms with Crippen molar-refractivity contribution in [3.05, 3.63) is 63.1 Å². The quantitative estimate of drug-likeness (QED) is 0.575. The van der Waals surface area contributed by atoms with Gasteiger partial charge >= 0.3 is 0 Å². The minimum atomic E-state index is 0.296. The zero-order valence-corrected chi connectivity index (χ0v) is 19.4. The minimum absolute atomic E-state index is 0.296. The van der Waals surface area contributed by atoms with Crippen molar-refractivity contribution in [2.24, 2.45) is 0 Å². The van der Waals surface area contributed by atoms with Crippen LogP contribution in [0.1, 0.15) is 37.8 Å². The standard InChI is InChI=1S/C17H16Cl3N.C6H14N2/c18-12-4-7-14(8-5-12)21-10-2-1-3-17(21)15-9-6-13(19)11-16(15)20;1-6-5-7-3-4-8(6)2/h4-9,11,17H,1-3,10H2;6-7H,3-5H2,1-2H3. The maximum absolute atomic E-state index is 6.41. The maximum Gasteiger partial charge on any atom is 0.0557 e. The highest BCUT2D eigenvalue weighted by Gasteiger charge is 2.26. The van der Waals surface area contributed by atoms with E-state index in [9.17, 15) is 0 Å². The first-order valence-electron chi connectivity index (χ1n) is 10.3. The number of hydrogen-bond acceptors (Lipinski definition) is 3. The van der Waals surface area contributed by atoms with Gasteiger partial charge in [-0.3, -0.25) is 0 Å². The summed E-state index contributed by atoms with van der Waals surface area (Å²) in [4.78, 5) is 4.78. The third-order valence-electron chi connectivity index (χ3n) is 5.82. The highest BCUT2D eigenvalue weighted by atomic mass is 35.5. The van der Waals surface area contributed by atoms with Crippen LogP contribution in [0.2, 0.25) is 15.1 Å². The molecule has 0 bridgehead atoms. The average Bonchev–Trinajstić information content (AvgIpc) is 2.72. The Morgan fingerprint density at radius 3 is 2.28 bits per heavy atom. The van der Waals surface area contributed by atoms with Crippen molar-refractivity contribution in [1.82, 2.24) is 10.2 Å². The van der Waals surface area contributed by atoms with Gasteiger partial charge in [-0.1, -0.05) is 40.9 Å². The van der Waals surface area contributed by atoms with Gasteiger partial charge in [0.25, 0.3) is 0 Å². The summed E-state index contributed by atoms with van der Waals surface area (Å²) in [5, 5.41) is 5.51. The molecule has 2 aliphatic rings. The molecule has 4 rings (SSSR count). The fourth-order valence-corrected chi connectivity index (χ4v) is 4.57. The first kappa shape index (κ1) is 22.7. The van der Waals surface area contributed by atoms with Crippen LogP contribution in [0.5, 0.6) is 0 Å². The normalized spacial score (nSPS) is 22.7. The summed E-state index contributed by atoms with van der Waals surface area (Å²) >= 11 is 18.4. The van der Waals surface area contributed by atoms with Crippen LogP contribution in [-0.2, 0) is 0 Å². The van der Waals surface area contributed by atoms with Crippen molar-refractivity contribution in [2.75, 3.05) is 38.1 Å². The fraction of sp³-hybridized carbons (Fsp3) is 0.478. The molecule has 6 heteroatoms. The molecule has 2 saturated heterocycles. The van der Waals surface area contributed by atoms with Gasteiger partial charge in [-0.05, 0) is 75.2 Å². The van der Waals surface area contributed by atoms with E-state index in [1.165, 1.54) is 25.1 Å². The third-order valence-corrected chi connectivity index (χ3v) is 6.63. The summed E-state index contributed by atoms with van der Waals surface area (Å²) in [6, 6.07) is 14.8. The molecule has 2 aromatic carbocycles. The largest absolute Gasteiger partial charge is 0.364 e. The van der Waals surface area contributed by atoms with Crippen molar-refractivity contribution in [3.63, 3.8) is 0 Å². The summed E-state index contributed by atoms with van der Waals surface area (Å²) < 4.78 is 0. The number of hydrogen-bond donors (Lipinski definition) is 1. The number of piperazine rings is 1. The van der Waals surface area contributed by atoms with E-state index < -0.39 is 0 Å². The number of rotatable bonds is 2. The number of nitrogens with zero attached hydrogens (tertiary/aromatic N) is 2. The Morgan fingerprint density at radius 1 is 0.931 bits per heavy atom. The molecule has 2 atom stereocenters. The number of nitrogens with one attached hydrogen (secondary N) is 1. The molecule has 0 aliphatic carbocycles. The lowest BCUT2D eigenvalue weighted by Gasteiger charge is -2.38. The highest BCUT2D eigenvalue weighted by Crippen LogP contribution is 2.38. The molecule has 158 valence electrons. The number of benzene rings is 2. The molecule has 1 N–H and O–H groups in total. The Labute approximate surface area is 189 Å². The van der Waals surface area contributed by atoms with Crippen LogP contribution in [0, 0.1) is 0 Å². The Morgan fingerprint density at radius 2 is 1.66 bits per heavy atom. The predicted molar refractivity (Wildman–Crippen MR) is 127 cm³/mol. The van der Waals surface area contributed by atoms with Crippen molar-refractivity contribution in [1.29, 1.82) is 0 Å². The molecular weight excluding hydrogens is 425 g/mol. The van der Waals surface area contributed by atoms with E-state index in [2.05, 4.69) is 41.2 Å². The number of halogens is 3. The zero-order valence-electron chi connectivity index (χ0n) is 17.2. The topological polar surface area (TPSA) is 18.5 Å². The Balaban J connectivity index is 0.000000252. The van der Waals surface area contributed by atoms with E-state index in [-0.39, 0.29) is 0 Å². The van der Waals surface area contributed by atoms with Gasteiger partial charge in [-0.25, -0.2) is 0 Å². The van der Waals surface area contributed by atoms with E-state index in [1.807, 2.05) is 30.3 Å². The first-order chi connectivity index (χ1) is 14.0. The van der Waals surface area contributed by atoms with Crippen LogP contribution in [0.3, 0.4) is 0 Å². The second-order valence-corrected chi connectivity index (χ2v) is 9.16. The van der Waals surface area contributed by atoms with Gasteiger partial charge in [-0.15, -0.1) is 0 Å². The van der Waals surface area contributed by atoms with E-state index in [1.54, 1.807) is 0 Å². The summed E-state index contributed by atoms with van der Waals surface area (Å²) in [7, 11) is 2.17. The summed E-state index contributed by atoms with van der Waals surface area (Å²) in [6.07, 6.45) is 3.52. The Hall–Kier alpha value is -0.970. The molecule has 2 unspecified atom stereocenters. The highest BCUT2D eigenvalue weighted by molar-refractivity contribution is 6.35. The van der Waals surface area contributed by atoms with Crippen LogP contribution in [0.15, 0.2) is 42.5 Å². The average molecular weight is 455 g/mol. The summed E-state index contributed by atoms with van der Waals surface area (Å²) in [6.45, 7) is 6.77. The Bertz CT molecular complexity index is 771. The predicted octanol–water partition coefficient (Wildman–Crippen LogP) is 6.29. The summed E-state index contributed by atoms with van der Waals surface area (Å²) in [5.74, 6) is 0. The van der Waals surface area contributed by atoms with Crippen LogP contribution in [0.4, 0.5) is 5.69 Å². The second-order valence-electron chi connectivity index (χ2n) is 7.88. The van der Waals surface area contributed by atoms with Crippen LogP contribution >= 0.6 is 34.8 Å². The molecule has 2 heterocycles. The van der Waals surface area contributed by atoms with Gasteiger partial charge < -0.3 is 15.1 Å². The van der Waals surface area contributed by atoms with E-state index in [4.69, 9.17) is 34.8 Å². The molecule has 2 fully saturated rings. The van der Waals surface area contributed by atoms with Crippen LogP contribution < -0.4 is 10.2 Å². The molecule has 2 aromatic rings. The van der Waals surface area contributed by atoms with E-state index in [0.29, 0.717) is 11.1 Å². The Kier molecular flexibility index (Phi) is 8.52. The first-order valence-corrected chi connectivity index (χ1v) is 11.5. The molecule has 0 saturated carbocycles. The minimum Gasteiger partial charge on any atom is -0.364 e. The molecule has 0 spiro atoms. The lowest BCUT2D eigenvalue weighted by atomic mass is 9.94. The van der Waals surface area contributed by atoms with Crippen molar-refractivity contribution < 1.29 is 0 Å². The molecule has 3 nitrogen and oxygen atoms in total. The number of anilines is 1. The molecule has 2 aliphatic heterocycles. The third kappa shape index (κ3) is 6.26. The molecule has 29 heavy (non-hydrogen) atoms. The van der Waals surface area contributed by atoms with Crippen molar-refractivity contribution in [3.8, 4) is 0 Å². The van der Waals surface area contributed by atoms with Gasteiger partial charge in [0.2, 0.25) is 0 Å². The van der Waals surface area contributed by atoms with E-state index >= 15 is 0 Å². The van der Waals surface area contributed by atoms with Crippen molar-refractivity contribution in [2.45, 2.75) is 38.3 Å². The number of piperidine rings is 1. The van der Waals surface area contributed by atoms with Gasteiger partial charge in [0, 0.05) is 53.0 Å². The van der Waals surface area contributed by atoms with Crippen molar-refractivity contribution >= 4 is 40.5 Å². The SMILES string of the molecule is CC1CNCCN1C.Clc1ccc(N2CCCCC2c2ccc(Cl)cc2Cl)cc1. The smallest absolute Gasteiger partial charge is 0.0557 e. The maximum atomic E-state index is 6.41. The molecule has 0 radical (unpaired) electrons. The van der Waals surface area contributed by atoms with Gasteiger partial charge in [-0.2, -0.15) is 0 Å². The molecule has 0 amide bonds. The van der Waals surface area contributed by atoms with Gasteiger partial charge in [0.1, 0.15) is 0 Å². The monoisotopic (exact) mass is 453 g/mol. The van der Waals surface area contributed by atoms with Crippen LogP contribution in [-0.4, -0.2) is 44.2 Å². The lowest BCUT2D eigenvalue weighted by Crippen LogP contribution is -2.47. The molecule has 0 aromatic heterocycles. The van der Waals surface area contributed by atoms with E-state index in [0.717, 1.165) is 47.7 Å². The fourth-order valence-electron chi connectivity index (χ4n) is 3.91. The molecular formula is C23H30Cl3N3. The van der Waals surface area contributed by atoms with Gasteiger partial charge in [0.05, 0.1) is 6.04 Å².